The van der Waals surface area contributed by atoms with Crippen LogP contribution in [0.1, 0.15) is 143 Å². The van der Waals surface area contributed by atoms with Crippen LogP contribution in [0.2, 0.25) is 0 Å². The number of phenols is 1. The number of hydrogen-bond donors (Lipinski definition) is 3. The lowest BCUT2D eigenvalue weighted by molar-refractivity contribution is -0.141. The van der Waals surface area contributed by atoms with Crippen LogP contribution in [0.5, 0.6) is 5.75 Å². The minimum absolute atomic E-state index is 0.0954. The van der Waals surface area contributed by atoms with Gasteiger partial charge in [-0.3, -0.25) is 9.59 Å². The Kier molecular flexibility index (Phi) is 11.0. The molecule has 0 radical (unpaired) electrons. The lowest BCUT2D eigenvalue weighted by Gasteiger charge is -2.37. The fourth-order valence-corrected chi connectivity index (χ4v) is 11.9. The first-order valence-corrected chi connectivity index (χ1v) is 23.8. The number of aliphatic hydroxyl groups is 1. The van der Waals surface area contributed by atoms with Gasteiger partial charge in [-0.25, -0.2) is 4.98 Å². The number of amides is 2. The molecule has 1 saturated heterocycles. The van der Waals surface area contributed by atoms with Gasteiger partial charge in [0.25, 0.3) is 0 Å². The highest BCUT2D eigenvalue weighted by molar-refractivity contribution is 7.13. The number of nitrogens with one attached hydrogen (secondary N) is 1. The molecule has 6 aromatic rings. The predicted molar refractivity (Wildman–Crippen MR) is 242 cm³/mol. The second kappa shape index (κ2) is 16.6. The zero-order valence-corrected chi connectivity index (χ0v) is 37.4. The SMILES string of the molecule is Cc1ncsc1-c1ccc([C@H](C)NC(=O)[C@@H]2C[C@@H](O)CN2C(=O)[C@@H](c2cc(C3CCC4(CC3)CC[C@@H](c3cc5nnc(-c6ccccc6O)cc5n3C3CC3)C4)no2)C(C)C)cc1. The van der Waals surface area contributed by atoms with Gasteiger partial charge in [-0.1, -0.05) is 55.4 Å². The number of hydrogen-bond acceptors (Lipinski definition) is 10. The normalized spacial score (nSPS) is 24.7. The number of rotatable bonds is 11. The molecule has 12 nitrogen and oxygen atoms in total. The van der Waals surface area contributed by atoms with Gasteiger partial charge >= 0.3 is 0 Å². The highest BCUT2D eigenvalue weighted by Gasteiger charge is 2.46. The first-order chi connectivity index (χ1) is 30.4. The average Bonchev–Trinajstić information content (AvgIpc) is 3.72. The number of thiazole rings is 1. The lowest BCUT2D eigenvalue weighted by Crippen LogP contribution is -2.48. The minimum atomic E-state index is -0.793. The van der Waals surface area contributed by atoms with Gasteiger partial charge in [0.1, 0.15) is 29.0 Å². The lowest BCUT2D eigenvalue weighted by atomic mass is 9.68. The quantitative estimate of drug-likeness (QED) is 0.115. The molecule has 10 rings (SSSR count). The van der Waals surface area contributed by atoms with Crippen LogP contribution in [0.25, 0.3) is 32.7 Å². The van der Waals surface area contributed by atoms with Crippen LogP contribution in [0.3, 0.4) is 0 Å². The summed E-state index contributed by atoms with van der Waals surface area (Å²) in [5.74, 6) is 0.220. The van der Waals surface area contributed by atoms with E-state index in [0.29, 0.717) is 29.0 Å². The van der Waals surface area contributed by atoms with Crippen LogP contribution in [-0.4, -0.2) is 70.5 Å². The molecule has 3 saturated carbocycles. The Hall–Kier alpha value is -5.40. The molecular formula is C50H57N7O5S. The van der Waals surface area contributed by atoms with Crippen molar-refractivity contribution in [3.05, 3.63) is 101 Å². The van der Waals surface area contributed by atoms with Crippen molar-refractivity contribution in [2.24, 2.45) is 11.3 Å². The molecule has 1 spiro atoms. The molecule has 3 aliphatic carbocycles. The maximum atomic E-state index is 14.4. The highest BCUT2D eigenvalue weighted by atomic mass is 32.1. The van der Waals surface area contributed by atoms with Crippen molar-refractivity contribution in [3.63, 3.8) is 0 Å². The van der Waals surface area contributed by atoms with Gasteiger partial charge in [-0.15, -0.1) is 21.5 Å². The number of carbonyl (C=O) groups is 2. The fraction of sp³-hybridized carbons (Fsp3) is 0.480. The number of aromatic nitrogens is 5. The van der Waals surface area contributed by atoms with Crippen LogP contribution in [-0.2, 0) is 9.59 Å². The van der Waals surface area contributed by atoms with Crippen molar-refractivity contribution in [1.29, 1.82) is 0 Å². The Balaban J connectivity index is 0.789. The second-order valence-electron chi connectivity index (χ2n) is 19.3. The van der Waals surface area contributed by atoms with Crippen LogP contribution in [0.15, 0.2) is 76.8 Å². The summed E-state index contributed by atoms with van der Waals surface area (Å²) in [6.07, 6.45) is 9.55. The average molecular weight is 868 g/mol. The predicted octanol–water partition coefficient (Wildman–Crippen LogP) is 9.75. The summed E-state index contributed by atoms with van der Waals surface area (Å²) in [6, 6.07) is 21.2. The molecule has 4 aliphatic rings. The molecular weight excluding hydrogens is 811 g/mol. The van der Waals surface area contributed by atoms with E-state index in [0.717, 1.165) is 77.0 Å². The molecule has 328 valence electrons. The van der Waals surface area contributed by atoms with Crippen molar-refractivity contribution < 1.29 is 24.3 Å². The van der Waals surface area contributed by atoms with E-state index < -0.39 is 18.1 Å². The van der Waals surface area contributed by atoms with E-state index in [9.17, 15) is 19.8 Å². The maximum Gasteiger partial charge on any atom is 0.243 e. The molecule has 5 atom stereocenters. The number of phenolic OH excluding ortho intramolecular Hbond substituents is 1. The van der Waals surface area contributed by atoms with Gasteiger partial charge < -0.3 is 29.5 Å². The Labute approximate surface area is 372 Å². The number of β-amino-alcohol motifs (C(OH)–C–C–N with tert-alkyl or cyclic N) is 1. The topological polar surface area (TPSA) is 160 Å². The first kappa shape index (κ1) is 41.6. The van der Waals surface area contributed by atoms with E-state index in [2.05, 4.69) is 42.4 Å². The highest BCUT2D eigenvalue weighted by Crippen LogP contribution is 2.57. The molecule has 5 heterocycles. The van der Waals surface area contributed by atoms with E-state index in [1.54, 1.807) is 22.3 Å². The number of fused-ring (bicyclic) bond motifs is 1. The zero-order valence-electron chi connectivity index (χ0n) is 36.5. The van der Waals surface area contributed by atoms with Gasteiger partial charge in [0.05, 0.1) is 45.1 Å². The molecule has 4 aromatic heterocycles. The molecule has 13 heteroatoms. The summed E-state index contributed by atoms with van der Waals surface area (Å²) in [4.78, 5) is 35.3. The maximum absolute atomic E-state index is 14.4. The Bertz CT molecular complexity index is 2640. The summed E-state index contributed by atoms with van der Waals surface area (Å²) in [5, 5.41) is 38.2. The molecule has 63 heavy (non-hydrogen) atoms. The molecule has 2 aromatic carbocycles. The van der Waals surface area contributed by atoms with Gasteiger partial charge in [0, 0.05) is 42.2 Å². The Morgan fingerprint density at radius 2 is 1.68 bits per heavy atom. The van der Waals surface area contributed by atoms with Crippen molar-refractivity contribution in [2.45, 2.75) is 134 Å². The minimum Gasteiger partial charge on any atom is -0.507 e. The third-order valence-corrected chi connectivity index (χ3v) is 15.7. The molecule has 4 fully saturated rings. The van der Waals surface area contributed by atoms with Crippen molar-refractivity contribution in [1.82, 2.24) is 35.1 Å². The van der Waals surface area contributed by atoms with Gasteiger partial charge in [0.2, 0.25) is 11.8 Å². The number of aryl methyl sites for hydroxylation is 1. The standard InChI is InChI=1S/C50H57N7O5S/c1-28(2)46(49(61)56-26-36(58)21-43(56)48(60)52-29(3)31-9-11-33(12-10-31)47-30(4)51-27-63-47)45-24-38(55-62-45)32-15-18-50(19-16-32)20-17-34(25-50)41-23-40-42(57(41)35-13-14-35)22-39(53-54-40)37-7-5-6-8-44(37)59/h5-12,22-24,27-29,32,34-36,43,46,58-59H,13-21,25-26H2,1-4H3,(H,52,60)/t29-,32?,34+,36+,43-,46+,50?/m0/s1. The van der Waals surface area contributed by atoms with Crippen molar-refractivity contribution in [2.75, 3.05) is 6.54 Å². The van der Waals surface area contributed by atoms with E-state index in [1.165, 1.54) is 25.0 Å². The largest absolute Gasteiger partial charge is 0.507 e. The summed E-state index contributed by atoms with van der Waals surface area (Å²) in [5.41, 5.74) is 10.9. The van der Waals surface area contributed by atoms with Crippen LogP contribution in [0, 0.1) is 18.3 Å². The summed E-state index contributed by atoms with van der Waals surface area (Å²) >= 11 is 1.60. The number of aromatic hydroxyl groups is 1. The Morgan fingerprint density at radius 3 is 2.38 bits per heavy atom. The number of carbonyl (C=O) groups excluding carboxylic acids is 2. The van der Waals surface area contributed by atoms with Crippen molar-refractivity contribution >= 4 is 34.2 Å². The van der Waals surface area contributed by atoms with Crippen LogP contribution < -0.4 is 5.32 Å². The number of nitrogens with zero attached hydrogens (tertiary/aromatic N) is 6. The number of aliphatic hydroxyl groups excluding tert-OH is 1. The van der Waals surface area contributed by atoms with E-state index in [1.807, 2.05) is 81.7 Å². The van der Waals surface area contributed by atoms with Gasteiger partial charge in [-0.2, -0.15) is 0 Å². The van der Waals surface area contributed by atoms with Gasteiger partial charge in [0.15, 0.2) is 0 Å². The fourth-order valence-electron chi connectivity index (χ4n) is 11.1. The van der Waals surface area contributed by atoms with E-state index in [4.69, 9.17) is 4.52 Å². The number of likely N-dealkylation sites (tertiary alicyclic amines) is 1. The first-order valence-electron chi connectivity index (χ1n) is 22.9. The number of benzene rings is 2. The smallest absolute Gasteiger partial charge is 0.243 e. The molecule has 2 amide bonds. The molecule has 0 unspecified atom stereocenters. The summed E-state index contributed by atoms with van der Waals surface area (Å²) < 4.78 is 8.56. The molecule has 1 aliphatic heterocycles. The van der Waals surface area contributed by atoms with Crippen LogP contribution in [0.4, 0.5) is 0 Å². The second-order valence-corrected chi connectivity index (χ2v) is 20.1. The van der Waals surface area contributed by atoms with Gasteiger partial charge in [-0.05, 0) is 124 Å². The monoisotopic (exact) mass is 867 g/mol. The van der Waals surface area contributed by atoms with E-state index >= 15 is 0 Å². The third-order valence-electron chi connectivity index (χ3n) is 14.7. The van der Waals surface area contributed by atoms with Crippen LogP contribution >= 0.6 is 11.3 Å². The van der Waals surface area contributed by atoms with Crippen molar-refractivity contribution in [3.8, 4) is 27.4 Å². The molecule has 3 N–H and O–H groups in total. The molecule has 0 bridgehead atoms. The number of para-hydroxylation sites is 1. The van der Waals surface area contributed by atoms with E-state index in [-0.39, 0.29) is 53.8 Å². The zero-order chi connectivity index (χ0) is 43.6. The third kappa shape index (κ3) is 7.96. The summed E-state index contributed by atoms with van der Waals surface area (Å²) in [7, 11) is 0. The Morgan fingerprint density at radius 1 is 0.937 bits per heavy atom. The summed E-state index contributed by atoms with van der Waals surface area (Å²) in [6.45, 7) is 8.02.